The number of hydrogen-bond acceptors (Lipinski definition) is 4. The van der Waals surface area contributed by atoms with Crippen LogP contribution in [-0.4, -0.2) is 23.2 Å². The third-order valence-corrected chi connectivity index (χ3v) is 2.53. The Morgan fingerprint density at radius 3 is 2.61 bits per heavy atom. The van der Waals surface area contributed by atoms with Gasteiger partial charge in [0.05, 0.1) is 17.8 Å². The van der Waals surface area contributed by atoms with E-state index in [2.05, 4.69) is 15.5 Å². The van der Waals surface area contributed by atoms with E-state index in [0.29, 0.717) is 16.6 Å². The smallest absolute Gasteiger partial charge is 0.276 e. The van der Waals surface area contributed by atoms with E-state index in [-0.39, 0.29) is 11.6 Å². The summed E-state index contributed by atoms with van der Waals surface area (Å²) in [7, 11) is 1.48. The van der Waals surface area contributed by atoms with Gasteiger partial charge >= 0.3 is 0 Å². The number of anilines is 1. The maximum atomic E-state index is 11.9. The molecule has 0 spiro atoms. The van der Waals surface area contributed by atoms with E-state index in [1.54, 1.807) is 30.3 Å². The lowest BCUT2D eigenvalue weighted by Crippen LogP contribution is -2.14. The molecule has 1 aromatic carbocycles. The predicted octanol–water partition coefficient (Wildman–Crippen LogP) is 2.39. The summed E-state index contributed by atoms with van der Waals surface area (Å²) in [5.41, 5.74) is 0.720. The SMILES string of the molecule is COc1ccc(C(=O)Nc2ccccc2Cl)nn1. The molecule has 5 nitrogen and oxygen atoms in total. The van der Waals surface area contributed by atoms with Crippen LogP contribution in [0.3, 0.4) is 0 Å². The molecule has 0 bridgehead atoms. The largest absolute Gasteiger partial charge is 0.480 e. The van der Waals surface area contributed by atoms with Gasteiger partial charge in [-0.05, 0) is 18.2 Å². The van der Waals surface area contributed by atoms with Crippen molar-refractivity contribution in [1.82, 2.24) is 10.2 Å². The number of para-hydroxylation sites is 1. The zero-order chi connectivity index (χ0) is 13.0. The molecule has 1 aromatic heterocycles. The Kier molecular flexibility index (Phi) is 3.74. The van der Waals surface area contributed by atoms with Gasteiger partial charge in [-0.3, -0.25) is 4.79 Å². The minimum absolute atomic E-state index is 0.190. The molecule has 1 N–H and O–H groups in total. The van der Waals surface area contributed by atoms with Crippen molar-refractivity contribution in [1.29, 1.82) is 0 Å². The Morgan fingerprint density at radius 2 is 2.00 bits per heavy atom. The fraction of sp³-hybridized carbons (Fsp3) is 0.0833. The number of amides is 1. The van der Waals surface area contributed by atoms with Gasteiger partial charge < -0.3 is 10.1 Å². The van der Waals surface area contributed by atoms with Crippen molar-refractivity contribution < 1.29 is 9.53 Å². The van der Waals surface area contributed by atoms with Gasteiger partial charge in [-0.1, -0.05) is 23.7 Å². The number of nitrogens with one attached hydrogen (secondary N) is 1. The molecule has 18 heavy (non-hydrogen) atoms. The Balaban J connectivity index is 2.14. The summed E-state index contributed by atoms with van der Waals surface area (Å²) in [5, 5.41) is 10.6. The van der Waals surface area contributed by atoms with Gasteiger partial charge in [0, 0.05) is 6.07 Å². The zero-order valence-corrected chi connectivity index (χ0v) is 10.3. The number of carbonyl (C=O) groups is 1. The number of ether oxygens (including phenoxy) is 1. The molecular weight excluding hydrogens is 254 g/mol. The standard InChI is InChI=1S/C12H10ClN3O2/c1-18-11-7-6-10(15-16-11)12(17)14-9-5-3-2-4-8(9)13/h2-7H,1H3,(H,14,17). The number of methoxy groups -OCH3 is 1. The molecule has 1 heterocycles. The average Bonchev–Trinajstić information content (AvgIpc) is 2.41. The number of rotatable bonds is 3. The number of benzene rings is 1. The Bertz CT molecular complexity index is 558. The second-order valence-corrected chi connectivity index (χ2v) is 3.80. The van der Waals surface area contributed by atoms with Crippen molar-refractivity contribution >= 4 is 23.2 Å². The molecule has 0 aliphatic rings. The lowest BCUT2D eigenvalue weighted by Gasteiger charge is -2.06. The first-order valence-electron chi connectivity index (χ1n) is 5.14. The number of hydrogen-bond donors (Lipinski definition) is 1. The van der Waals surface area contributed by atoms with E-state index >= 15 is 0 Å². The first-order valence-corrected chi connectivity index (χ1v) is 5.52. The quantitative estimate of drug-likeness (QED) is 0.923. The van der Waals surface area contributed by atoms with Gasteiger partial charge in [-0.15, -0.1) is 10.2 Å². The highest BCUT2D eigenvalue weighted by Crippen LogP contribution is 2.20. The van der Waals surface area contributed by atoms with Crippen molar-refractivity contribution in [3.05, 3.63) is 47.1 Å². The average molecular weight is 264 g/mol. The number of carbonyl (C=O) groups excluding carboxylic acids is 1. The van der Waals surface area contributed by atoms with E-state index in [9.17, 15) is 4.79 Å². The van der Waals surface area contributed by atoms with Crippen LogP contribution in [0.4, 0.5) is 5.69 Å². The summed E-state index contributed by atoms with van der Waals surface area (Å²) >= 11 is 5.93. The van der Waals surface area contributed by atoms with Crippen LogP contribution in [0.25, 0.3) is 0 Å². The van der Waals surface area contributed by atoms with Crippen LogP contribution in [0.1, 0.15) is 10.5 Å². The van der Waals surface area contributed by atoms with Crippen molar-refractivity contribution in [2.24, 2.45) is 0 Å². The third-order valence-electron chi connectivity index (χ3n) is 2.20. The van der Waals surface area contributed by atoms with Crippen molar-refractivity contribution in [3.8, 4) is 5.88 Å². The third kappa shape index (κ3) is 2.75. The molecule has 0 fully saturated rings. The van der Waals surface area contributed by atoms with Crippen LogP contribution in [0, 0.1) is 0 Å². The molecule has 0 aliphatic carbocycles. The highest BCUT2D eigenvalue weighted by molar-refractivity contribution is 6.33. The molecule has 0 saturated heterocycles. The zero-order valence-electron chi connectivity index (χ0n) is 9.55. The van der Waals surface area contributed by atoms with E-state index < -0.39 is 0 Å². The van der Waals surface area contributed by atoms with E-state index in [1.165, 1.54) is 13.2 Å². The van der Waals surface area contributed by atoms with Crippen LogP contribution in [-0.2, 0) is 0 Å². The van der Waals surface area contributed by atoms with Crippen molar-refractivity contribution in [2.75, 3.05) is 12.4 Å². The van der Waals surface area contributed by atoms with Gasteiger partial charge in [-0.2, -0.15) is 0 Å². The van der Waals surface area contributed by atoms with Gasteiger partial charge in [0.15, 0.2) is 5.69 Å². The maximum Gasteiger partial charge on any atom is 0.276 e. The Morgan fingerprint density at radius 1 is 1.22 bits per heavy atom. The van der Waals surface area contributed by atoms with Crippen molar-refractivity contribution in [3.63, 3.8) is 0 Å². The minimum Gasteiger partial charge on any atom is -0.480 e. The lowest BCUT2D eigenvalue weighted by atomic mass is 10.3. The van der Waals surface area contributed by atoms with Crippen LogP contribution in [0.2, 0.25) is 5.02 Å². The summed E-state index contributed by atoms with van der Waals surface area (Å²) in [5.74, 6) is -0.0254. The molecule has 2 aromatic rings. The summed E-state index contributed by atoms with van der Waals surface area (Å²) in [6.45, 7) is 0. The fourth-order valence-electron chi connectivity index (χ4n) is 1.30. The molecule has 6 heteroatoms. The van der Waals surface area contributed by atoms with Gasteiger partial charge in [-0.25, -0.2) is 0 Å². The minimum atomic E-state index is -0.377. The molecule has 0 saturated carbocycles. The summed E-state index contributed by atoms with van der Waals surface area (Å²) in [4.78, 5) is 11.9. The van der Waals surface area contributed by atoms with Gasteiger partial charge in [0.25, 0.3) is 5.91 Å². The van der Waals surface area contributed by atoms with Crippen LogP contribution in [0.5, 0.6) is 5.88 Å². The van der Waals surface area contributed by atoms with Crippen LogP contribution >= 0.6 is 11.6 Å². The normalized spacial score (nSPS) is 9.89. The maximum absolute atomic E-state index is 11.9. The van der Waals surface area contributed by atoms with Gasteiger partial charge in [0.1, 0.15) is 0 Å². The van der Waals surface area contributed by atoms with Crippen molar-refractivity contribution in [2.45, 2.75) is 0 Å². The fourth-order valence-corrected chi connectivity index (χ4v) is 1.48. The highest BCUT2D eigenvalue weighted by Gasteiger charge is 2.10. The first-order chi connectivity index (χ1) is 8.70. The van der Waals surface area contributed by atoms with E-state index in [4.69, 9.17) is 16.3 Å². The molecule has 1 amide bonds. The topological polar surface area (TPSA) is 64.1 Å². The molecule has 0 aliphatic heterocycles. The monoisotopic (exact) mass is 263 g/mol. The Labute approximate surface area is 109 Å². The van der Waals surface area contributed by atoms with Crippen LogP contribution < -0.4 is 10.1 Å². The second kappa shape index (κ2) is 5.46. The summed E-state index contributed by atoms with van der Waals surface area (Å²) in [6.07, 6.45) is 0. The molecular formula is C12H10ClN3O2. The van der Waals surface area contributed by atoms with Gasteiger partial charge in [0.2, 0.25) is 5.88 Å². The second-order valence-electron chi connectivity index (χ2n) is 3.39. The first kappa shape index (κ1) is 12.3. The Hall–Kier alpha value is -2.14. The number of nitrogens with zero attached hydrogens (tertiary/aromatic N) is 2. The number of halogens is 1. The molecule has 0 radical (unpaired) electrons. The van der Waals surface area contributed by atoms with E-state index in [1.807, 2.05) is 0 Å². The molecule has 0 unspecified atom stereocenters. The highest BCUT2D eigenvalue weighted by atomic mass is 35.5. The lowest BCUT2D eigenvalue weighted by molar-refractivity contribution is 0.102. The molecule has 0 atom stereocenters. The number of aromatic nitrogens is 2. The summed E-state index contributed by atoms with van der Waals surface area (Å²) < 4.78 is 4.86. The van der Waals surface area contributed by atoms with E-state index in [0.717, 1.165) is 0 Å². The molecule has 2 rings (SSSR count). The van der Waals surface area contributed by atoms with Crippen LogP contribution in [0.15, 0.2) is 36.4 Å². The molecule has 92 valence electrons. The summed E-state index contributed by atoms with van der Waals surface area (Å²) in [6, 6.07) is 10.0. The predicted molar refractivity (Wildman–Crippen MR) is 68.0 cm³/mol.